The first-order valence-corrected chi connectivity index (χ1v) is 8.23. The van der Waals surface area contributed by atoms with Crippen molar-refractivity contribution < 1.29 is 14.4 Å². The van der Waals surface area contributed by atoms with Gasteiger partial charge in [0.05, 0.1) is 24.9 Å². The highest BCUT2D eigenvalue weighted by Gasteiger charge is 2.14. The zero-order valence-electron chi connectivity index (χ0n) is 14.4. The summed E-state index contributed by atoms with van der Waals surface area (Å²) < 4.78 is 5.18. The first kappa shape index (κ1) is 18.0. The number of carbonyl (C=O) groups is 1. The third-order valence-electron chi connectivity index (χ3n) is 3.87. The Hall–Kier alpha value is -2.34. The van der Waals surface area contributed by atoms with Crippen LogP contribution < -0.4 is 10.6 Å². The number of hydrogen-bond donors (Lipinski definition) is 3. The Kier molecular flexibility index (Phi) is 6.37. The summed E-state index contributed by atoms with van der Waals surface area (Å²) in [5, 5.41) is 19.0. The molecule has 0 aliphatic heterocycles. The molecule has 1 heterocycles. The standard InChI is InChI=1S/C18H25N3O3/c1-4-13-5-7-14(8-6-13)17(11-22)20-18(23)19-10-15-9-16(12(2)3)21-24-15/h5-9,12,17,22H,4,10-11H2,1-3H3,(H2,19,20,23). The Morgan fingerprint density at radius 2 is 2.00 bits per heavy atom. The van der Waals surface area contributed by atoms with Crippen molar-refractivity contribution >= 4 is 6.03 Å². The van der Waals surface area contributed by atoms with Crippen molar-refractivity contribution in [3.8, 4) is 0 Å². The SMILES string of the molecule is CCc1ccc(C(CO)NC(=O)NCc2cc(C(C)C)no2)cc1. The van der Waals surface area contributed by atoms with Crippen molar-refractivity contribution in [3.05, 3.63) is 52.9 Å². The number of urea groups is 1. The molecule has 0 spiro atoms. The number of carbonyl (C=O) groups excluding carboxylic acids is 1. The molecule has 1 aromatic heterocycles. The number of aryl methyl sites for hydroxylation is 1. The Morgan fingerprint density at radius 3 is 2.54 bits per heavy atom. The molecular weight excluding hydrogens is 306 g/mol. The lowest BCUT2D eigenvalue weighted by atomic mass is 10.0. The van der Waals surface area contributed by atoms with E-state index in [4.69, 9.17) is 4.52 Å². The van der Waals surface area contributed by atoms with Crippen molar-refractivity contribution in [1.29, 1.82) is 0 Å². The molecule has 6 heteroatoms. The summed E-state index contributed by atoms with van der Waals surface area (Å²) in [7, 11) is 0. The summed E-state index contributed by atoms with van der Waals surface area (Å²) in [6.45, 7) is 6.21. The molecule has 1 unspecified atom stereocenters. The number of amides is 2. The number of aromatic nitrogens is 1. The summed E-state index contributed by atoms with van der Waals surface area (Å²) in [4.78, 5) is 12.0. The molecule has 0 saturated heterocycles. The van der Waals surface area contributed by atoms with E-state index in [0.29, 0.717) is 5.76 Å². The van der Waals surface area contributed by atoms with Gasteiger partial charge in [-0.05, 0) is 23.5 Å². The fraction of sp³-hybridized carbons (Fsp3) is 0.444. The topological polar surface area (TPSA) is 87.4 Å². The van der Waals surface area contributed by atoms with Gasteiger partial charge in [0, 0.05) is 6.07 Å². The van der Waals surface area contributed by atoms with Crippen LogP contribution in [0.1, 0.15) is 55.3 Å². The van der Waals surface area contributed by atoms with E-state index in [1.807, 2.05) is 44.2 Å². The number of nitrogens with zero attached hydrogens (tertiary/aromatic N) is 1. The van der Waals surface area contributed by atoms with Gasteiger partial charge in [0.2, 0.25) is 0 Å². The van der Waals surface area contributed by atoms with Gasteiger partial charge in [-0.15, -0.1) is 0 Å². The second-order valence-electron chi connectivity index (χ2n) is 6.03. The molecule has 1 atom stereocenters. The summed E-state index contributed by atoms with van der Waals surface area (Å²) in [5.41, 5.74) is 2.94. The first-order chi connectivity index (χ1) is 11.5. The molecule has 0 fully saturated rings. The number of aliphatic hydroxyl groups is 1. The van der Waals surface area contributed by atoms with Gasteiger partial charge < -0.3 is 20.3 Å². The highest BCUT2D eigenvalue weighted by Crippen LogP contribution is 2.15. The van der Waals surface area contributed by atoms with Crippen molar-refractivity contribution in [2.24, 2.45) is 0 Å². The van der Waals surface area contributed by atoms with Gasteiger partial charge in [-0.3, -0.25) is 0 Å². The van der Waals surface area contributed by atoms with Gasteiger partial charge in [-0.25, -0.2) is 4.79 Å². The van der Waals surface area contributed by atoms with E-state index in [9.17, 15) is 9.90 Å². The van der Waals surface area contributed by atoms with Crippen molar-refractivity contribution in [1.82, 2.24) is 15.8 Å². The molecule has 2 rings (SSSR count). The fourth-order valence-corrected chi connectivity index (χ4v) is 2.28. The Balaban J connectivity index is 1.88. The third kappa shape index (κ3) is 4.83. The molecule has 6 nitrogen and oxygen atoms in total. The zero-order chi connectivity index (χ0) is 17.5. The minimum absolute atomic E-state index is 0.168. The van der Waals surface area contributed by atoms with Crippen LogP contribution in [0.5, 0.6) is 0 Å². The van der Waals surface area contributed by atoms with Crippen LogP contribution in [0.4, 0.5) is 4.79 Å². The average Bonchev–Trinajstić information content (AvgIpc) is 3.07. The lowest BCUT2D eigenvalue weighted by Gasteiger charge is -2.17. The van der Waals surface area contributed by atoms with E-state index < -0.39 is 6.04 Å². The van der Waals surface area contributed by atoms with Gasteiger partial charge in [0.25, 0.3) is 0 Å². The van der Waals surface area contributed by atoms with Gasteiger partial charge >= 0.3 is 6.03 Å². The van der Waals surface area contributed by atoms with Crippen LogP contribution in [0.2, 0.25) is 0 Å². The van der Waals surface area contributed by atoms with Gasteiger partial charge in [-0.2, -0.15) is 0 Å². The highest BCUT2D eigenvalue weighted by atomic mass is 16.5. The fourth-order valence-electron chi connectivity index (χ4n) is 2.28. The monoisotopic (exact) mass is 331 g/mol. The van der Waals surface area contributed by atoms with Crippen molar-refractivity contribution in [2.75, 3.05) is 6.61 Å². The van der Waals surface area contributed by atoms with Crippen LogP contribution >= 0.6 is 0 Å². The van der Waals surface area contributed by atoms with Crippen LogP contribution in [-0.2, 0) is 13.0 Å². The van der Waals surface area contributed by atoms with Crippen LogP contribution in [-0.4, -0.2) is 22.9 Å². The van der Waals surface area contributed by atoms with E-state index >= 15 is 0 Å². The Labute approximate surface area is 142 Å². The molecule has 0 saturated carbocycles. The Morgan fingerprint density at radius 1 is 1.29 bits per heavy atom. The normalized spacial score (nSPS) is 12.2. The number of hydrogen-bond acceptors (Lipinski definition) is 4. The van der Waals surface area contributed by atoms with E-state index in [-0.39, 0.29) is 25.1 Å². The van der Waals surface area contributed by atoms with Gasteiger partial charge in [-0.1, -0.05) is 50.2 Å². The quantitative estimate of drug-likeness (QED) is 0.728. The molecular formula is C18H25N3O3. The second kappa shape index (κ2) is 8.49. The number of benzene rings is 1. The molecule has 130 valence electrons. The van der Waals surface area contributed by atoms with Crippen LogP contribution in [0, 0.1) is 0 Å². The van der Waals surface area contributed by atoms with E-state index in [0.717, 1.165) is 17.7 Å². The maximum atomic E-state index is 12.0. The second-order valence-corrected chi connectivity index (χ2v) is 6.03. The number of nitrogens with one attached hydrogen (secondary N) is 2. The smallest absolute Gasteiger partial charge is 0.315 e. The van der Waals surface area contributed by atoms with Crippen LogP contribution in [0.3, 0.4) is 0 Å². The molecule has 0 aliphatic carbocycles. The minimum atomic E-state index is -0.447. The summed E-state index contributed by atoms with van der Waals surface area (Å²) in [6, 6.07) is 8.86. The first-order valence-electron chi connectivity index (χ1n) is 8.23. The minimum Gasteiger partial charge on any atom is -0.394 e. The molecule has 1 aromatic carbocycles. The molecule has 3 N–H and O–H groups in total. The van der Waals surface area contributed by atoms with Crippen molar-refractivity contribution in [3.63, 3.8) is 0 Å². The van der Waals surface area contributed by atoms with Crippen LogP contribution in [0.25, 0.3) is 0 Å². The predicted octanol–water partition coefficient (Wildman–Crippen LogP) is 2.89. The molecule has 2 amide bonds. The maximum absolute atomic E-state index is 12.0. The Bertz CT molecular complexity index is 650. The predicted molar refractivity (Wildman–Crippen MR) is 91.6 cm³/mol. The molecule has 0 radical (unpaired) electrons. The lowest BCUT2D eigenvalue weighted by molar-refractivity contribution is 0.215. The summed E-state index contributed by atoms with van der Waals surface area (Å²) >= 11 is 0. The van der Waals surface area contributed by atoms with Gasteiger partial charge in [0.1, 0.15) is 0 Å². The summed E-state index contributed by atoms with van der Waals surface area (Å²) in [6.07, 6.45) is 0.952. The van der Waals surface area contributed by atoms with E-state index in [1.54, 1.807) is 0 Å². The largest absolute Gasteiger partial charge is 0.394 e. The average molecular weight is 331 g/mol. The molecule has 0 bridgehead atoms. The van der Waals surface area contributed by atoms with E-state index in [1.165, 1.54) is 5.56 Å². The molecule has 2 aromatic rings. The molecule has 0 aliphatic rings. The highest BCUT2D eigenvalue weighted by molar-refractivity contribution is 5.74. The molecule has 24 heavy (non-hydrogen) atoms. The van der Waals surface area contributed by atoms with Crippen LogP contribution in [0.15, 0.2) is 34.9 Å². The third-order valence-corrected chi connectivity index (χ3v) is 3.87. The van der Waals surface area contributed by atoms with E-state index in [2.05, 4.69) is 22.7 Å². The maximum Gasteiger partial charge on any atom is 0.315 e. The number of rotatable bonds is 7. The zero-order valence-corrected chi connectivity index (χ0v) is 14.4. The van der Waals surface area contributed by atoms with Gasteiger partial charge in [0.15, 0.2) is 5.76 Å². The lowest BCUT2D eigenvalue weighted by Crippen LogP contribution is -2.38. The number of aliphatic hydroxyl groups excluding tert-OH is 1. The van der Waals surface area contributed by atoms with Crippen molar-refractivity contribution in [2.45, 2.75) is 45.7 Å². The summed E-state index contributed by atoms with van der Waals surface area (Å²) in [5.74, 6) is 0.878.